The molecule has 0 aliphatic heterocycles. The van der Waals surface area contributed by atoms with Crippen molar-refractivity contribution in [3.8, 4) is 5.69 Å². The number of halogens is 2. The van der Waals surface area contributed by atoms with E-state index in [4.69, 9.17) is 11.6 Å². The van der Waals surface area contributed by atoms with Crippen molar-refractivity contribution in [1.29, 1.82) is 0 Å². The molecular formula is C18H14ClFN2O. The molecule has 2 aromatic carbocycles. The van der Waals surface area contributed by atoms with E-state index in [0.717, 1.165) is 11.3 Å². The Balaban J connectivity index is 1.83. The van der Waals surface area contributed by atoms with Crippen molar-refractivity contribution in [2.75, 3.05) is 5.32 Å². The lowest BCUT2D eigenvalue weighted by Gasteiger charge is -2.10. The van der Waals surface area contributed by atoms with Crippen molar-refractivity contribution in [2.45, 2.75) is 6.54 Å². The van der Waals surface area contributed by atoms with Gasteiger partial charge in [-0.15, -0.1) is 0 Å². The minimum absolute atomic E-state index is 0.203. The van der Waals surface area contributed by atoms with E-state index in [1.54, 1.807) is 36.5 Å². The van der Waals surface area contributed by atoms with E-state index in [0.29, 0.717) is 17.3 Å². The number of anilines is 1. The van der Waals surface area contributed by atoms with Gasteiger partial charge in [0.15, 0.2) is 0 Å². The Morgan fingerprint density at radius 3 is 2.57 bits per heavy atom. The number of nitrogens with zero attached hydrogens (tertiary/aromatic N) is 1. The zero-order valence-electron chi connectivity index (χ0n) is 12.2. The quantitative estimate of drug-likeness (QED) is 0.777. The van der Waals surface area contributed by atoms with Gasteiger partial charge in [0, 0.05) is 29.5 Å². The lowest BCUT2D eigenvalue weighted by Crippen LogP contribution is -2.18. The van der Waals surface area contributed by atoms with Gasteiger partial charge in [-0.25, -0.2) is 4.39 Å². The average Bonchev–Trinajstić information content (AvgIpc) is 2.55. The third kappa shape index (κ3) is 3.79. The summed E-state index contributed by atoms with van der Waals surface area (Å²) < 4.78 is 14.8. The summed E-state index contributed by atoms with van der Waals surface area (Å²) in [5.41, 5.74) is 2.14. The summed E-state index contributed by atoms with van der Waals surface area (Å²) in [4.78, 5) is 12.0. The summed E-state index contributed by atoms with van der Waals surface area (Å²) in [5, 5.41) is 3.93. The van der Waals surface area contributed by atoms with Crippen molar-refractivity contribution in [3.05, 3.63) is 93.6 Å². The Hall–Kier alpha value is -2.59. The molecule has 0 amide bonds. The minimum atomic E-state index is -0.376. The van der Waals surface area contributed by atoms with Crippen LogP contribution in [0.5, 0.6) is 0 Å². The van der Waals surface area contributed by atoms with Gasteiger partial charge < -0.3 is 5.32 Å². The Bertz CT molecular complexity index is 875. The van der Waals surface area contributed by atoms with Gasteiger partial charge >= 0.3 is 0 Å². The van der Waals surface area contributed by atoms with E-state index in [-0.39, 0.29) is 11.4 Å². The predicted molar refractivity (Wildman–Crippen MR) is 90.8 cm³/mol. The predicted octanol–water partition coefficient (Wildman–Crippen LogP) is 4.24. The Morgan fingerprint density at radius 2 is 1.83 bits per heavy atom. The second kappa shape index (κ2) is 6.67. The number of nitrogens with one attached hydrogen (secondary N) is 1. The number of hydrogen-bond acceptors (Lipinski definition) is 2. The van der Waals surface area contributed by atoms with Crippen molar-refractivity contribution in [1.82, 2.24) is 4.57 Å². The van der Waals surface area contributed by atoms with Gasteiger partial charge in [-0.05, 0) is 48.0 Å². The van der Waals surface area contributed by atoms with Crippen LogP contribution < -0.4 is 10.9 Å². The SMILES string of the molecule is O=c1ccc(CNc2ccc(Cl)cc2)cn1-c1cccc(F)c1. The molecule has 0 saturated carbocycles. The smallest absolute Gasteiger partial charge is 0.255 e. The Morgan fingerprint density at radius 1 is 1.04 bits per heavy atom. The summed E-state index contributed by atoms with van der Waals surface area (Å²) >= 11 is 5.85. The number of pyridine rings is 1. The fourth-order valence-electron chi connectivity index (χ4n) is 2.24. The topological polar surface area (TPSA) is 34.0 Å². The first-order chi connectivity index (χ1) is 11.1. The lowest BCUT2D eigenvalue weighted by atomic mass is 10.2. The zero-order valence-corrected chi connectivity index (χ0v) is 12.9. The number of aromatic nitrogens is 1. The number of benzene rings is 2. The maximum Gasteiger partial charge on any atom is 0.255 e. The minimum Gasteiger partial charge on any atom is -0.381 e. The van der Waals surface area contributed by atoms with Crippen LogP contribution in [-0.2, 0) is 6.54 Å². The molecule has 1 aromatic heterocycles. The molecule has 0 saturated heterocycles. The summed E-state index contributed by atoms with van der Waals surface area (Å²) in [6.45, 7) is 0.539. The highest BCUT2D eigenvalue weighted by Gasteiger charge is 2.03. The van der Waals surface area contributed by atoms with Gasteiger partial charge in [0.25, 0.3) is 5.56 Å². The highest BCUT2D eigenvalue weighted by molar-refractivity contribution is 6.30. The molecule has 3 rings (SSSR count). The van der Waals surface area contributed by atoms with Gasteiger partial charge in [-0.1, -0.05) is 23.7 Å². The summed E-state index contributed by atoms with van der Waals surface area (Å²) in [6, 6.07) is 16.5. The monoisotopic (exact) mass is 328 g/mol. The van der Waals surface area contributed by atoms with Gasteiger partial charge in [-0.2, -0.15) is 0 Å². The zero-order chi connectivity index (χ0) is 16.2. The Kier molecular flexibility index (Phi) is 4.44. The van der Waals surface area contributed by atoms with Gasteiger partial charge in [0.05, 0.1) is 5.69 Å². The van der Waals surface area contributed by atoms with Crippen LogP contribution in [0.15, 0.2) is 71.7 Å². The first-order valence-electron chi connectivity index (χ1n) is 7.09. The molecule has 0 bridgehead atoms. The normalized spacial score (nSPS) is 10.5. The van der Waals surface area contributed by atoms with E-state index in [1.807, 2.05) is 12.1 Å². The largest absolute Gasteiger partial charge is 0.381 e. The molecule has 3 nitrogen and oxygen atoms in total. The molecule has 0 spiro atoms. The summed E-state index contributed by atoms with van der Waals surface area (Å²) in [6.07, 6.45) is 1.71. The molecule has 0 radical (unpaired) electrons. The first-order valence-corrected chi connectivity index (χ1v) is 7.46. The van der Waals surface area contributed by atoms with Crippen LogP contribution in [0, 0.1) is 5.82 Å². The van der Waals surface area contributed by atoms with Crippen LogP contribution >= 0.6 is 11.6 Å². The molecule has 0 aliphatic carbocycles. The molecule has 5 heteroatoms. The third-order valence-corrected chi connectivity index (χ3v) is 3.65. The van der Waals surface area contributed by atoms with Gasteiger partial charge in [0.2, 0.25) is 0 Å². The molecule has 23 heavy (non-hydrogen) atoms. The van der Waals surface area contributed by atoms with Crippen LogP contribution in [-0.4, -0.2) is 4.57 Å². The molecule has 0 unspecified atom stereocenters. The van der Waals surface area contributed by atoms with Crippen molar-refractivity contribution in [2.24, 2.45) is 0 Å². The molecule has 0 fully saturated rings. The van der Waals surface area contributed by atoms with Crippen molar-refractivity contribution < 1.29 is 4.39 Å². The van der Waals surface area contributed by atoms with Crippen LogP contribution in [0.4, 0.5) is 10.1 Å². The fraction of sp³-hybridized carbons (Fsp3) is 0.0556. The second-order valence-electron chi connectivity index (χ2n) is 5.09. The maximum absolute atomic E-state index is 13.3. The molecular weight excluding hydrogens is 315 g/mol. The van der Waals surface area contributed by atoms with E-state index in [2.05, 4.69) is 5.32 Å². The van der Waals surface area contributed by atoms with Crippen LogP contribution in [0.25, 0.3) is 5.69 Å². The molecule has 1 heterocycles. The first kappa shape index (κ1) is 15.3. The van der Waals surface area contributed by atoms with Crippen molar-refractivity contribution in [3.63, 3.8) is 0 Å². The van der Waals surface area contributed by atoms with E-state index in [9.17, 15) is 9.18 Å². The molecule has 1 N–H and O–H groups in total. The highest BCUT2D eigenvalue weighted by atomic mass is 35.5. The van der Waals surface area contributed by atoms with Crippen LogP contribution in [0.3, 0.4) is 0 Å². The number of rotatable bonds is 4. The van der Waals surface area contributed by atoms with E-state index in [1.165, 1.54) is 22.8 Å². The second-order valence-corrected chi connectivity index (χ2v) is 5.52. The summed E-state index contributed by atoms with van der Waals surface area (Å²) in [7, 11) is 0. The standard InChI is InChI=1S/C18H14ClFN2O/c19-14-5-7-16(8-6-14)21-11-13-4-9-18(23)22(12-13)17-3-1-2-15(20)10-17/h1-10,12,21H,11H2. The average molecular weight is 329 g/mol. The van der Waals surface area contributed by atoms with Crippen LogP contribution in [0.2, 0.25) is 5.02 Å². The molecule has 3 aromatic rings. The fourth-order valence-corrected chi connectivity index (χ4v) is 2.36. The highest BCUT2D eigenvalue weighted by Crippen LogP contribution is 2.15. The van der Waals surface area contributed by atoms with Gasteiger partial charge in [0.1, 0.15) is 5.82 Å². The lowest BCUT2D eigenvalue weighted by molar-refractivity contribution is 0.626. The van der Waals surface area contributed by atoms with Crippen LogP contribution in [0.1, 0.15) is 5.56 Å². The maximum atomic E-state index is 13.3. The third-order valence-electron chi connectivity index (χ3n) is 3.40. The molecule has 0 atom stereocenters. The van der Waals surface area contributed by atoms with Gasteiger partial charge in [-0.3, -0.25) is 9.36 Å². The molecule has 0 aliphatic rings. The number of hydrogen-bond donors (Lipinski definition) is 1. The Labute approximate surface area is 138 Å². The van der Waals surface area contributed by atoms with E-state index < -0.39 is 0 Å². The van der Waals surface area contributed by atoms with Crippen molar-refractivity contribution >= 4 is 17.3 Å². The molecule has 116 valence electrons. The summed E-state index contributed by atoms with van der Waals surface area (Å²) in [5.74, 6) is -0.376. The van der Waals surface area contributed by atoms with E-state index >= 15 is 0 Å².